The summed E-state index contributed by atoms with van der Waals surface area (Å²) < 4.78 is 5.78. The van der Waals surface area contributed by atoms with E-state index < -0.39 is 0 Å². The molecule has 1 fully saturated rings. The van der Waals surface area contributed by atoms with Crippen LogP contribution in [0.5, 0.6) is 0 Å². The molecule has 0 amide bonds. The van der Waals surface area contributed by atoms with Crippen LogP contribution in [0, 0.1) is 6.92 Å². The molecule has 0 bridgehead atoms. The molecule has 2 aromatic heterocycles. The zero-order valence-electron chi connectivity index (χ0n) is 17.5. The van der Waals surface area contributed by atoms with Crippen molar-refractivity contribution in [1.29, 1.82) is 0 Å². The number of rotatable bonds is 5. The molecule has 0 spiro atoms. The minimum atomic E-state index is 0.0107. The first kappa shape index (κ1) is 19.0. The van der Waals surface area contributed by atoms with Crippen LogP contribution in [0.3, 0.4) is 0 Å². The fourth-order valence-corrected chi connectivity index (χ4v) is 4.58. The first-order valence-electron chi connectivity index (χ1n) is 10.4. The maximum atomic E-state index is 12.3. The van der Waals surface area contributed by atoms with Crippen molar-refractivity contribution in [1.82, 2.24) is 23.6 Å². The number of hydrogen-bond acceptors (Lipinski definition) is 3. The van der Waals surface area contributed by atoms with Crippen molar-refractivity contribution >= 4 is 11.0 Å². The fraction of sp³-hybridized carbons (Fsp3) is 0.545. The molecule has 0 radical (unpaired) electrons. The van der Waals surface area contributed by atoms with Crippen molar-refractivity contribution < 1.29 is 0 Å². The SMILES string of the molecule is CCC(CN1CCCCC1)n1cncc1-c1cc2c(cc1C)n(C)c(=O)n2C. The summed E-state index contributed by atoms with van der Waals surface area (Å²) in [6.07, 6.45) is 8.99. The quantitative estimate of drug-likeness (QED) is 0.680. The molecule has 1 aliphatic rings. The average molecular weight is 382 g/mol. The predicted octanol–water partition coefficient (Wildman–Crippen LogP) is 3.49. The lowest BCUT2D eigenvalue weighted by Gasteiger charge is -2.31. The topological polar surface area (TPSA) is 48.0 Å². The van der Waals surface area contributed by atoms with Crippen LogP contribution in [-0.2, 0) is 14.1 Å². The highest BCUT2D eigenvalue weighted by Gasteiger charge is 2.20. The molecule has 1 aromatic carbocycles. The average Bonchev–Trinajstić information content (AvgIpc) is 3.26. The Balaban J connectivity index is 1.74. The highest BCUT2D eigenvalue weighted by Crippen LogP contribution is 2.30. The Labute approximate surface area is 166 Å². The van der Waals surface area contributed by atoms with Crippen LogP contribution in [0.2, 0.25) is 0 Å². The summed E-state index contributed by atoms with van der Waals surface area (Å²) >= 11 is 0. The number of hydrogen-bond donors (Lipinski definition) is 0. The molecule has 1 aliphatic heterocycles. The van der Waals surface area contributed by atoms with E-state index in [1.807, 2.05) is 26.6 Å². The van der Waals surface area contributed by atoms with E-state index in [1.165, 1.54) is 37.9 Å². The molecule has 3 heterocycles. The van der Waals surface area contributed by atoms with Crippen LogP contribution in [0.15, 0.2) is 29.5 Å². The smallest absolute Gasteiger partial charge is 0.326 e. The number of benzene rings is 1. The molecule has 0 aliphatic carbocycles. The third-order valence-electron chi connectivity index (χ3n) is 6.34. The van der Waals surface area contributed by atoms with Gasteiger partial charge in [-0.25, -0.2) is 9.78 Å². The first-order chi connectivity index (χ1) is 13.5. The molecule has 4 rings (SSSR count). The van der Waals surface area contributed by atoms with Crippen molar-refractivity contribution in [3.8, 4) is 11.3 Å². The molecule has 6 heteroatoms. The Morgan fingerprint density at radius 2 is 1.75 bits per heavy atom. The van der Waals surface area contributed by atoms with Gasteiger partial charge in [-0.15, -0.1) is 0 Å². The highest BCUT2D eigenvalue weighted by atomic mass is 16.1. The fourth-order valence-electron chi connectivity index (χ4n) is 4.58. The van der Waals surface area contributed by atoms with E-state index >= 15 is 0 Å². The van der Waals surface area contributed by atoms with Crippen molar-refractivity contribution in [3.05, 3.63) is 40.7 Å². The van der Waals surface area contributed by atoms with Gasteiger partial charge < -0.3 is 9.47 Å². The first-order valence-corrected chi connectivity index (χ1v) is 10.4. The second-order valence-electron chi connectivity index (χ2n) is 8.17. The van der Waals surface area contributed by atoms with Gasteiger partial charge in [-0.05, 0) is 57.0 Å². The van der Waals surface area contributed by atoms with Crippen LogP contribution in [0.25, 0.3) is 22.3 Å². The van der Waals surface area contributed by atoms with Gasteiger partial charge in [0.25, 0.3) is 0 Å². The molecule has 3 aromatic rings. The standard InChI is InChI=1S/C22H31N5O/c1-5-17(14-26-9-7-6-8-10-26)27-15-23-13-21(27)18-12-20-19(11-16(18)2)24(3)22(28)25(20)4/h11-13,15,17H,5-10,14H2,1-4H3. The number of nitrogens with zero attached hydrogens (tertiary/aromatic N) is 5. The molecule has 0 N–H and O–H groups in total. The van der Waals surface area contributed by atoms with E-state index in [0.717, 1.165) is 35.3 Å². The monoisotopic (exact) mass is 381 g/mol. The Morgan fingerprint density at radius 3 is 2.43 bits per heavy atom. The van der Waals surface area contributed by atoms with Gasteiger partial charge in [0.1, 0.15) is 0 Å². The number of fused-ring (bicyclic) bond motifs is 1. The molecule has 28 heavy (non-hydrogen) atoms. The van der Waals surface area contributed by atoms with E-state index in [0.29, 0.717) is 6.04 Å². The molecule has 0 saturated carbocycles. The zero-order chi connectivity index (χ0) is 19.8. The van der Waals surface area contributed by atoms with Gasteiger partial charge in [0.2, 0.25) is 0 Å². The lowest BCUT2D eigenvalue weighted by Crippen LogP contribution is -2.35. The van der Waals surface area contributed by atoms with E-state index in [9.17, 15) is 4.79 Å². The Hall–Kier alpha value is -2.34. The number of likely N-dealkylation sites (tertiary alicyclic amines) is 1. The summed E-state index contributed by atoms with van der Waals surface area (Å²) in [6, 6.07) is 4.67. The van der Waals surface area contributed by atoms with Gasteiger partial charge in [-0.1, -0.05) is 13.3 Å². The Morgan fingerprint density at radius 1 is 1.07 bits per heavy atom. The summed E-state index contributed by atoms with van der Waals surface area (Å²) in [5, 5.41) is 0. The van der Waals surface area contributed by atoms with E-state index in [2.05, 4.69) is 40.4 Å². The second-order valence-corrected chi connectivity index (χ2v) is 8.17. The highest BCUT2D eigenvalue weighted by molar-refractivity contribution is 5.84. The van der Waals surface area contributed by atoms with E-state index in [-0.39, 0.29) is 5.69 Å². The molecule has 1 atom stereocenters. The van der Waals surface area contributed by atoms with Gasteiger partial charge in [-0.2, -0.15) is 0 Å². The van der Waals surface area contributed by atoms with Crippen molar-refractivity contribution in [2.45, 2.75) is 45.6 Å². The minimum absolute atomic E-state index is 0.0107. The summed E-state index contributed by atoms with van der Waals surface area (Å²) in [5.41, 5.74) is 5.41. The summed E-state index contributed by atoms with van der Waals surface area (Å²) in [7, 11) is 3.67. The predicted molar refractivity (Wildman–Crippen MR) is 114 cm³/mol. The third-order valence-corrected chi connectivity index (χ3v) is 6.34. The van der Waals surface area contributed by atoms with Crippen LogP contribution in [-0.4, -0.2) is 43.2 Å². The van der Waals surface area contributed by atoms with Gasteiger partial charge in [0.15, 0.2) is 0 Å². The van der Waals surface area contributed by atoms with Crippen LogP contribution in [0.4, 0.5) is 0 Å². The van der Waals surface area contributed by atoms with Crippen molar-refractivity contribution in [3.63, 3.8) is 0 Å². The van der Waals surface area contributed by atoms with Gasteiger partial charge >= 0.3 is 5.69 Å². The normalized spacial score (nSPS) is 16.7. The largest absolute Gasteiger partial charge is 0.328 e. The maximum Gasteiger partial charge on any atom is 0.328 e. The number of piperidine rings is 1. The van der Waals surface area contributed by atoms with Gasteiger partial charge in [0.05, 0.1) is 29.3 Å². The third kappa shape index (κ3) is 3.20. The van der Waals surface area contributed by atoms with Crippen LogP contribution >= 0.6 is 0 Å². The molecular formula is C22H31N5O. The summed E-state index contributed by atoms with van der Waals surface area (Å²) in [5.74, 6) is 0. The second kappa shape index (κ2) is 7.59. The maximum absolute atomic E-state index is 12.3. The van der Waals surface area contributed by atoms with E-state index in [4.69, 9.17) is 0 Å². The summed E-state index contributed by atoms with van der Waals surface area (Å²) in [6.45, 7) is 7.87. The van der Waals surface area contributed by atoms with Crippen LogP contribution < -0.4 is 5.69 Å². The number of aryl methyl sites for hydroxylation is 3. The Kier molecular flexibility index (Phi) is 5.15. The molecule has 6 nitrogen and oxygen atoms in total. The lowest BCUT2D eigenvalue weighted by molar-refractivity contribution is 0.194. The molecule has 1 saturated heterocycles. The van der Waals surface area contributed by atoms with Gasteiger partial charge in [-0.3, -0.25) is 9.13 Å². The van der Waals surface area contributed by atoms with Crippen molar-refractivity contribution in [2.24, 2.45) is 14.1 Å². The van der Waals surface area contributed by atoms with Crippen LogP contribution in [0.1, 0.15) is 44.2 Å². The number of aromatic nitrogens is 4. The molecule has 1 unspecified atom stereocenters. The van der Waals surface area contributed by atoms with E-state index in [1.54, 1.807) is 9.13 Å². The minimum Gasteiger partial charge on any atom is -0.326 e. The Bertz CT molecular complexity index is 1040. The lowest BCUT2D eigenvalue weighted by atomic mass is 10.0. The van der Waals surface area contributed by atoms with Crippen molar-refractivity contribution in [2.75, 3.05) is 19.6 Å². The molecule has 150 valence electrons. The molecular weight excluding hydrogens is 350 g/mol. The zero-order valence-corrected chi connectivity index (χ0v) is 17.5. The summed E-state index contributed by atoms with van der Waals surface area (Å²) in [4.78, 5) is 19.4. The number of imidazole rings is 2. The van der Waals surface area contributed by atoms with Gasteiger partial charge in [0, 0.05) is 32.2 Å².